The molecule has 2 aromatic rings. The van der Waals surface area contributed by atoms with Crippen LogP contribution in [0.15, 0.2) is 29.3 Å². The van der Waals surface area contributed by atoms with Crippen LogP contribution in [0.25, 0.3) is 0 Å². The number of hydrogen-bond donors (Lipinski definition) is 3. The summed E-state index contributed by atoms with van der Waals surface area (Å²) in [6.07, 6.45) is 1.66. The quantitative estimate of drug-likeness (QED) is 0.644. The van der Waals surface area contributed by atoms with Crippen LogP contribution in [0.4, 0.5) is 5.69 Å². The Morgan fingerprint density at radius 1 is 1.35 bits per heavy atom. The zero-order valence-electron chi connectivity index (χ0n) is 12.7. The van der Waals surface area contributed by atoms with Crippen molar-refractivity contribution in [2.75, 3.05) is 5.32 Å². The summed E-state index contributed by atoms with van der Waals surface area (Å²) in [4.78, 5) is 4.77. The molecule has 23 heavy (non-hydrogen) atoms. The lowest BCUT2D eigenvalue weighted by molar-refractivity contribution is 0.480. The van der Waals surface area contributed by atoms with Gasteiger partial charge in [-0.2, -0.15) is 8.42 Å². The van der Waals surface area contributed by atoms with Gasteiger partial charge in [0.25, 0.3) is 10.1 Å². The average molecular weight is 376 g/mol. The molecule has 126 valence electrons. The Balaban J connectivity index is 2.18. The van der Waals surface area contributed by atoms with Gasteiger partial charge in [-0.25, -0.2) is 4.98 Å². The molecule has 1 aromatic carbocycles. The predicted molar refractivity (Wildman–Crippen MR) is 92.7 cm³/mol. The summed E-state index contributed by atoms with van der Waals surface area (Å²) in [6.45, 7) is 4.75. The molecule has 1 aromatic heterocycles. The van der Waals surface area contributed by atoms with Gasteiger partial charge in [-0.1, -0.05) is 31.5 Å². The molecule has 6 nitrogen and oxygen atoms in total. The number of nitrogens with zero attached hydrogens (tertiary/aromatic N) is 1. The van der Waals surface area contributed by atoms with Crippen molar-refractivity contribution in [2.24, 2.45) is 0 Å². The van der Waals surface area contributed by atoms with Gasteiger partial charge in [0.2, 0.25) is 0 Å². The lowest BCUT2D eigenvalue weighted by Gasteiger charge is -2.13. The molecule has 0 amide bonds. The average Bonchev–Trinajstić information content (AvgIpc) is 2.88. The van der Waals surface area contributed by atoms with Crippen LogP contribution in [0, 0.1) is 0 Å². The van der Waals surface area contributed by atoms with Crippen molar-refractivity contribution in [1.82, 2.24) is 10.3 Å². The Morgan fingerprint density at radius 2 is 2.09 bits per heavy atom. The van der Waals surface area contributed by atoms with Crippen molar-refractivity contribution in [3.8, 4) is 0 Å². The molecule has 3 N–H and O–H groups in total. The Morgan fingerprint density at radius 3 is 2.65 bits per heavy atom. The van der Waals surface area contributed by atoms with Crippen LogP contribution in [-0.4, -0.2) is 24.0 Å². The molecule has 0 bridgehead atoms. The van der Waals surface area contributed by atoms with Crippen molar-refractivity contribution in [3.63, 3.8) is 0 Å². The maximum atomic E-state index is 11.6. The Labute approximate surface area is 144 Å². The van der Waals surface area contributed by atoms with Crippen molar-refractivity contribution >= 4 is 38.7 Å². The monoisotopic (exact) mass is 375 g/mol. The number of aromatic nitrogens is 1. The highest BCUT2D eigenvalue weighted by atomic mass is 35.5. The first-order valence-electron chi connectivity index (χ1n) is 6.93. The van der Waals surface area contributed by atoms with Crippen LogP contribution in [0.5, 0.6) is 0 Å². The summed E-state index contributed by atoms with van der Waals surface area (Å²) in [6, 6.07) is 5.09. The first kappa shape index (κ1) is 18.2. The number of anilines is 1. The second-order valence-corrected chi connectivity index (χ2v) is 8.35. The summed E-state index contributed by atoms with van der Waals surface area (Å²) >= 11 is 7.11. The maximum Gasteiger partial charge on any atom is 0.294 e. The minimum Gasteiger partial charge on any atom is -0.380 e. The number of hydrogen-bond acceptors (Lipinski definition) is 6. The molecule has 0 saturated heterocycles. The Bertz CT molecular complexity index is 775. The van der Waals surface area contributed by atoms with Crippen molar-refractivity contribution in [2.45, 2.75) is 37.9 Å². The molecular weight excluding hydrogens is 358 g/mol. The van der Waals surface area contributed by atoms with Gasteiger partial charge < -0.3 is 10.6 Å². The molecule has 0 atom stereocenters. The van der Waals surface area contributed by atoms with Crippen LogP contribution >= 0.6 is 22.9 Å². The van der Waals surface area contributed by atoms with Crippen LogP contribution < -0.4 is 10.6 Å². The molecule has 9 heteroatoms. The lowest BCUT2D eigenvalue weighted by Crippen LogP contribution is -2.23. The molecule has 0 radical (unpaired) electrons. The van der Waals surface area contributed by atoms with Gasteiger partial charge in [0, 0.05) is 29.3 Å². The van der Waals surface area contributed by atoms with E-state index in [1.165, 1.54) is 17.4 Å². The molecule has 0 unspecified atom stereocenters. The molecule has 1 heterocycles. The summed E-state index contributed by atoms with van der Waals surface area (Å²) in [7, 11) is -4.29. The van der Waals surface area contributed by atoms with E-state index in [0.717, 1.165) is 4.88 Å². The summed E-state index contributed by atoms with van der Waals surface area (Å²) in [5.41, 5.74) is 1.11. The molecule has 0 spiro atoms. The van der Waals surface area contributed by atoms with Gasteiger partial charge in [-0.3, -0.25) is 4.55 Å². The first-order valence-corrected chi connectivity index (χ1v) is 9.57. The third-order valence-corrected chi connectivity index (χ3v) is 5.09. The van der Waals surface area contributed by atoms with Gasteiger partial charge >= 0.3 is 0 Å². The van der Waals surface area contributed by atoms with E-state index in [0.29, 0.717) is 28.8 Å². The van der Waals surface area contributed by atoms with Crippen molar-refractivity contribution < 1.29 is 13.0 Å². The SMILES string of the molecule is CC(C)NCc1ccc(NCc2cnc(Cl)s2)cc1S(=O)(=O)O. The molecule has 0 saturated carbocycles. The fraction of sp³-hybridized carbons (Fsp3) is 0.357. The van der Waals surface area contributed by atoms with Gasteiger partial charge in [0.15, 0.2) is 4.47 Å². The van der Waals surface area contributed by atoms with Crippen LogP contribution in [0.1, 0.15) is 24.3 Å². The number of halogens is 1. The topological polar surface area (TPSA) is 91.3 Å². The number of nitrogens with one attached hydrogen (secondary N) is 2. The molecular formula is C14H18ClN3O3S2. The van der Waals surface area contributed by atoms with E-state index >= 15 is 0 Å². The lowest BCUT2D eigenvalue weighted by atomic mass is 10.2. The largest absolute Gasteiger partial charge is 0.380 e. The fourth-order valence-corrected chi connectivity index (χ4v) is 3.58. The standard InChI is InChI=1S/C14H18ClN3O3S2/c1-9(2)16-6-10-3-4-11(5-13(10)23(19,20)21)17-7-12-8-18-14(15)22-12/h3-5,8-9,16-17H,6-7H2,1-2H3,(H,19,20,21). The van der Waals surface area contributed by atoms with Crippen LogP contribution in [0.2, 0.25) is 4.47 Å². The fourth-order valence-electron chi connectivity index (χ4n) is 1.92. The van der Waals surface area contributed by atoms with E-state index in [4.69, 9.17) is 11.6 Å². The van der Waals surface area contributed by atoms with E-state index in [1.54, 1.807) is 18.3 Å². The highest BCUT2D eigenvalue weighted by molar-refractivity contribution is 7.85. The second-order valence-electron chi connectivity index (χ2n) is 5.27. The summed E-state index contributed by atoms with van der Waals surface area (Å²) < 4.78 is 33.1. The zero-order chi connectivity index (χ0) is 17.0. The molecule has 0 aliphatic rings. The van der Waals surface area contributed by atoms with E-state index in [9.17, 15) is 13.0 Å². The van der Waals surface area contributed by atoms with Crippen molar-refractivity contribution in [3.05, 3.63) is 39.3 Å². The zero-order valence-corrected chi connectivity index (χ0v) is 15.1. The van der Waals surface area contributed by atoms with Gasteiger partial charge in [-0.05, 0) is 17.7 Å². The number of rotatable bonds is 7. The van der Waals surface area contributed by atoms with E-state index in [1.807, 2.05) is 13.8 Å². The molecule has 0 fully saturated rings. The molecule has 2 rings (SSSR count). The summed E-state index contributed by atoms with van der Waals surface area (Å²) in [5, 5.41) is 6.23. The van der Waals surface area contributed by atoms with Crippen molar-refractivity contribution in [1.29, 1.82) is 0 Å². The van der Waals surface area contributed by atoms with Crippen LogP contribution in [0.3, 0.4) is 0 Å². The van der Waals surface area contributed by atoms with Gasteiger partial charge in [0.05, 0.1) is 6.54 Å². The van der Waals surface area contributed by atoms with E-state index < -0.39 is 10.1 Å². The second kappa shape index (κ2) is 7.59. The predicted octanol–water partition coefficient (Wildman–Crippen LogP) is 3.15. The molecule has 0 aliphatic heterocycles. The normalized spacial score (nSPS) is 11.9. The Kier molecular flexibility index (Phi) is 5.99. The third-order valence-electron chi connectivity index (χ3n) is 3.04. The molecule has 0 aliphatic carbocycles. The van der Waals surface area contributed by atoms with Gasteiger partial charge in [0.1, 0.15) is 4.90 Å². The Hall–Kier alpha value is -1.19. The number of thiazole rings is 1. The smallest absolute Gasteiger partial charge is 0.294 e. The van der Waals surface area contributed by atoms with Gasteiger partial charge in [-0.15, -0.1) is 11.3 Å². The first-order chi connectivity index (χ1) is 10.8. The van der Waals surface area contributed by atoms with Crippen LogP contribution in [-0.2, 0) is 23.2 Å². The highest BCUT2D eigenvalue weighted by Crippen LogP contribution is 2.23. The minimum atomic E-state index is -4.29. The maximum absolute atomic E-state index is 11.6. The third kappa shape index (κ3) is 5.43. The highest BCUT2D eigenvalue weighted by Gasteiger charge is 2.16. The van der Waals surface area contributed by atoms with E-state index in [2.05, 4.69) is 15.6 Å². The summed E-state index contributed by atoms with van der Waals surface area (Å²) in [5.74, 6) is 0. The number of benzene rings is 1. The minimum absolute atomic E-state index is 0.0991. The van der Waals surface area contributed by atoms with E-state index in [-0.39, 0.29) is 10.9 Å².